The van der Waals surface area contributed by atoms with Crippen molar-refractivity contribution < 1.29 is 24.5 Å². The first kappa shape index (κ1) is 64.8. The SMILES string of the molecule is CCCCC/C=C\C/C=C\CCCCCCCCCC(=O)OCCCC/C=C\CCCCCCC(=O)NC(CO)C(O)/C=C/CCCCCCCCCCCCCCCCCCCCCCC. The molecule has 0 aliphatic carbocycles. The highest BCUT2D eigenvalue weighted by atomic mass is 16.5. The number of hydrogen-bond donors (Lipinski definition) is 3. The number of rotatable bonds is 54. The normalized spacial score (nSPS) is 13.0. The third-order valence-corrected chi connectivity index (χ3v) is 13.3. The Morgan fingerprint density at radius 1 is 0.418 bits per heavy atom. The first-order valence-corrected chi connectivity index (χ1v) is 29.4. The van der Waals surface area contributed by atoms with E-state index < -0.39 is 12.1 Å². The molecule has 0 rings (SSSR count). The minimum absolute atomic E-state index is 0.0461. The van der Waals surface area contributed by atoms with Crippen LogP contribution in [-0.2, 0) is 14.3 Å². The zero-order valence-corrected chi connectivity index (χ0v) is 44.6. The highest BCUT2D eigenvalue weighted by Gasteiger charge is 2.18. The van der Waals surface area contributed by atoms with Crippen LogP contribution in [0.3, 0.4) is 0 Å². The van der Waals surface area contributed by atoms with Gasteiger partial charge in [-0.3, -0.25) is 9.59 Å². The number of hydrogen-bond acceptors (Lipinski definition) is 5. The van der Waals surface area contributed by atoms with Gasteiger partial charge < -0.3 is 20.3 Å². The minimum atomic E-state index is -0.869. The van der Waals surface area contributed by atoms with Gasteiger partial charge >= 0.3 is 5.97 Å². The number of carbonyl (C=O) groups excluding carboxylic acids is 2. The summed E-state index contributed by atoms with van der Waals surface area (Å²) in [5, 5.41) is 23.2. The number of unbranched alkanes of at least 4 members (excludes halogenated alkanes) is 37. The van der Waals surface area contributed by atoms with Crippen LogP contribution < -0.4 is 5.32 Å². The van der Waals surface area contributed by atoms with Gasteiger partial charge in [0.15, 0.2) is 0 Å². The van der Waals surface area contributed by atoms with E-state index in [0.29, 0.717) is 19.4 Å². The number of esters is 1. The Bertz CT molecular complexity index is 1130. The van der Waals surface area contributed by atoms with Crippen molar-refractivity contribution in [2.75, 3.05) is 13.2 Å². The van der Waals surface area contributed by atoms with Crippen molar-refractivity contribution in [1.82, 2.24) is 5.32 Å². The van der Waals surface area contributed by atoms with Crippen LogP contribution >= 0.6 is 0 Å². The number of allylic oxidation sites excluding steroid dienone is 7. The lowest BCUT2D eigenvalue weighted by atomic mass is 10.0. The van der Waals surface area contributed by atoms with Crippen LogP contribution in [-0.4, -0.2) is 47.4 Å². The number of amides is 1. The number of aliphatic hydroxyl groups is 2. The van der Waals surface area contributed by atoms with Crippen LogP contribution in [0.25, 0.3) is 0 Å². The van der Waals surface area contributed by atoms with Crippen molar-refractivity contribution >= 4 is 11.9 Å². The predicted octanol–water partition coefficient (Wildman–Crippen LogP) is 18.2. The second-order valence-electron chi connectivity index (χ2n) is 20.0. The molecule has 0 spiro atoms. The molecule has 0 aliphatic rings. The molecular formula is C61H113NO5. The maximum atomic E-state index is 12.5. The Hall–Kier alpha value is -2.18. The van der Waals surface area contributed by atoms with Crippen LogP contribution in [0.2, 0.25) is 0 Å². The maximum Gasteiger partial charge on any atom is 0.305 e. The second-order valence-corrected chi connectivity index (χ2v) is 20.0. The number of nitrogens with one attached hydrogen (secondary N) is 1. The second kappa shape index (κ2) is 56.4. The summed E-state index contributed by atoms with van der Waals surface area (Å²) < 4.78 is 5.44. The molecule has 0 aromatic heterocycles. The molecule has 0 aliphatic heterocycles. The molecule has 6 nitrogen and oxygen atoms in total. The van der Waals surface area contributed by atoms with Gasteiger partial charge in [-0.2, -0.15) is 0 Å². The summed E-state index contributed by atoms with van der Waals surface area (Å²) in [5.41, 5.74) is 0. The first-order valence-electron chi connectivity index (χ1n) is 29.4. The molecule has 2 unspecified atom stereocenters. The van der Waals surface area contributed by atoms with E-state index in [1.807, 2.05) is 6.08 Å². The Labute approximate surface area is 416 Å². The fourth-order valence-electron chi connectivity index (χ4n) is 8.78. The maximum absolute atomic E-state index is 12.5. The topological polar surface area (TPSA) is 95.9 Å². The summed E-state index contributed by atoms with van der Waals surface area (Å²) >= 11 is 0. The molecule has 0 saturated heterocycles. The van der Waals surface area contributed by atoms with Gasteiger partial charge in [0.1, 0.15) is 0 Å². The Balaban J connectivity index is 3.55. The average molecular weight is 941 g/mol. The summed E-state index contributed by atoms with van der Waals surface area (Å²) in [6.07, 6.45) is 71.4. The van der Waals surface area contributed by atoms with Crippen molar-refractivity contribution in [2.24, 2.45) is 0 Å². The molecule has 1 amide bonds. The highest BCUT2D eigenvalue weighted by molar-refractivity contribution is 5.76. The van der Waals surface area contributed by atoms with Gasteiger partial charge in [0.2, 0.25) is 5.91 Å². The summed E-state index contributed by atoms with van der Waals surface area (Å²) in [4.78, 5) is 24.5. The molecule has 2 atom stereocenters. The van der Waals surface area contributed by atoms with E-state index >= 15 is 0 Å². The molecule has 0 radical (unpaired) electrons. The van der Waals surface area contributed by atoms with Gasteiger partial charge in [0.05, 0.1) is 25.4 Å². The standard InChI is InChI=1S/C61H113NO5/c1-3-5-7-9-11-13-15-17-19-21-22-23-24-25-26-28-29-31-33-37-41-45-49-53-59(64)58(57-63)62-60(65)54-50-46-42-38-35-36-40-44-48-52-56-67-61(66)55-51-47-43-39-34-32-30-27-20-18-16-14-12-10-8-6-4-2/h12,14,18,20,36,40,49,53,58-59,63-64H,3-11,13,15-17,19,21-35,37-39,41-48,50-52,54-57H2,1-2H3,(H,62,65)/b14-12-,20-18-,40-36-,53-49+. The zero-order chi connectivity index (χ0) is 48.6. The monoisotopic (exact) mass is 940 g/mol. The van der Waals surface area contributed by atoms with E-state index in [1.165, 1.54) is 193 Å². The lowest BCUT2D eigenvalue weighted by Gasteiger charge is -2.20. The average Bonchev–Trinajstić information content (AvgIpc) is 3.33. The van der Waals surface area contributed by atoms with Crippen LogP contribution in [0.1, 0.15) is 303 Å². The molecule has 0 fully saturated rings. The third-order valence-electron chi connectivity index (χ3n) is 13.3. The fourth-order valence-corrected chi connectivity index (χ4v) is 8.78. The molecule has 392 valence electrons. The smallest absolute Gasteiger partial charge is 0.305 e. The summed E-state index contributed by atoms with van der Waals surface area (Å²) in [6, 6.07) is -0.656. The zero-order valence-electron chi connectivity index (χ0n) is 44.6. The van der Waals surface area contributed by atoms with E-state index in [-0.39, 0.29) is 18.5 Å². The van der Waals surface area contributed by atoms with Gasteiger partial charge in [-0.15, -0.1) is 0 Å². The van der Waals surface area contributed by atoms with Gasteiger partial charge in [-0.25, -0.2) is 0 Å². The van der Waals surface area contributed by atoms with E-state index in [2.05, 4.69) is 55.6 Å². The van der Waals surface area contributed by atoms with E-state index in [0.717, 1.165) is 83.5 Å². The Morgan fingerprint density at radius 3 is 1.18 bits per heavy atom. The van der Waals surface area contributed by atoms with E-state index in [9.17, 15) is 19.8 Å². The predicted molar refractivity (Wildman–Crippen MR) is 292 cm³/mol. The molecule has 6 heteroatoms. The molecule has 0 aromatic carbocycles. The Morgan fingerprint density at radius 2 is 0.746 bits per heavy atom. The minimum Gasteiger partial charge on any atom is -0.466 e. The molecule has 67 heavy (non-hydrogen) atoms. The molecule has 0 heterocycles. The van der Waals surface area contributed by atoms with Crippen molar-refractivity contribution in [3.8, 4) is 0 Å². The van der Waals surface area contributed by atoms with Crippen LogP contribution in [0, 0.1) is 0 Å². The molecule has 0 saturated carbocycles. The van der Waals surface area contributed by atoms with E-state index in [1.54, 1.807) is 6.08 Å². The lowest BCUT2D eigenvalue weighted by molar-refractivity contribution is -0.143. The van der Waals surface area contributed by atoms with Gasteiger partial charge in [0.25, 0.3) is 0 Å². The highest BCUT2D eigenvalue weighted by Crippen LogP contribution is 2.16. The van der Waals surface area contributed by atoms with Crippen LogP contribution in [0.5, 0.6) is 0 Å². The van der Waals surface area contributed by atoms with Gasteiger partial charge in [0, 0.05) is 12.8 Å². The molecular weight excluding hydrogens is 827 g/mol. The van der Waals surface area contributed by atoms with Gasteiger partial charge in [-0.05, 0) is 89.9 Å². The summed E-state index contributed by atoms with van der Waals surface area (Å²) in [6.45, 7) is 4.80. The van der Waals surface area contributed by atoms with Crippen LogP contribution in [0.4, 0.5) is 0 Å². The summed E-state index contributed by atoms with van der Waals surface area (Å²) in [7, 11) is 0. The fraction of sp³-hybridized carbons (Fsp3) is 0.836. The van der Waals surface area contributed by atoms with Crippen molar-refractivity contribution in [1.29, 1.82) is 0 Å². The van der Waals surface area contributed by atoms with Gasteiger partial charge in [-0.1, -0.05) is 249 Å². The quantitative estimate of drug-likeness (QED) is 0.0321. The molecule has 3 N–H and O–H groups in total. The van der Waals surface area contributed by atoms with Crippen molar-refractivity contribution in [3.05, 3.63) is 48.6 Å². The largest absolute Gasteiger partial charge is 0.466 e. The van der Waals surface area contributed by atoms with Crippen LogP contribution in [0.15, 0.2) is 48.6 Å². The van der Waals surface area contributed by atoms with Crippen molar-refractivity contribution in [3.63, 3.8) is 0 Å². The van der Waals surface area contributed by atoms with E-state index in [4.69, 9.17) is 4.74 Å². The third kappa shape index (κ3) is 53.0. The lowest BCUT2D eigenvalue weighted by Crippen LogP contribution is -2.45. The van der Waals surface area contributed by atoms with Crippen molar-refractivity contribution in [2.45, 2.75) is 315 Å². The summed E-state index contributed by atoms with van der Waals surface area (Å²) in [5.74, 6) is -0.149. The first-order chi connectivity index (χ1) is 33.0. The number of carbonyl (C=O) groups is 2. The number of ether oxygens (including phenoxy) is 1. The Kier molecular flexibility index (Phi) is 54.6. The molecule has 0 bridgehead atoms. The molecule has 0 aromatic rings. The number of aliphatic hydroxyl groups excluding tert-OH is 2.